The highest BCUT2D eigenvalue weighted by Gasteiger charge is 2.27. The fourth-order valence-corrected chi connectivity index (χ4v) is 5.58. The SMILES string of the molecule is CC(C)(O)CNC(=O)c1ccc(-c2cc3c(cc2C(=O)Nc2ccc(CN)cc2)-c2sccc2CCO3)c(C(=O)O)n1. The van der Waals surface area contributed by atoms with E-state index in [-0.39, 0.29) is 28.9 Å². The van der Waals surface area contributed by atoms with Gasteiger partial charge in [-0.1, -0.05) is 12.1 Å². The minimum atomic E-state index is -1.37. The van der Waals surface area contributed by atoms with Crippen LogP contribution in [0.25, 0.3) is 21.6 Å². The number of amides is 2. The molecule has 4 aromatic rings. The number of anilines is 1. The van der Waals surface area contributed by atoms with E-state index in [4.69, 9.17) is 10.5 Å². The van der Waals surface area contributed by atoms with E-state index in [0.29, 0.717) is 31.0 Å². The lowest BCUT2D eigenvalue weighted by atomic mass is 9.93. The first-order chi connectivity index (χ1) is 20.0. The molecule has 10 nitrogen and oxygen atoms in total. The summed E-state index contributed by atoms with van der Waals surface area (Å²) in [4.78, 5) is 44.0. The molecule has 0 saturated heterocycles. The van der Waals surface area contributed by atoms with Crippen molar-refractivity contribution in [3.05, 3.63) is 88.1 Å². The molecule has 0 fully saturated rings. The number of rotatable bonds is 8. The number of benzene rings is 2. The highest BCUT2D eigenvalue weighted by Crippen LogP contribution is 2.43. The van der Waals surface area contributed by atoms with Crippen LogP contribution in [0, 0.1) is 0 Å². The lowest BCUT2D eigenvalue weighted by Gasteiger charge is -2.18. The fourth-order valence-electron chi connectivity index (χ4n) is 4.60. The van der Waals surface area contributed by atoms with Gasteiger partial charge in [-0.2, -0.15) is 0 Å². The molecule has 1 aliphatic heterocycles. The predicted molar refractivity (Wildman–Crippen MR) is 160 cm³/mol. The van der Waals surface area contributed by atoms with E-state index in [2.05, 4.69) is 15.6 Å². The summed E-state index contributed by atoms with van der Waals surface area (Å²) < 4.78 is 6.06. The van der Waals surface area contributed by atoms with Gasteiger partial charge < -0.3 is 31.3 Å². The summed E-state index contributed by atoms with van der Waals surface area (Å²) in [7, 11) is 0. The first-order valence-electron chi connectivity index (χ1n) is 13.3. The highest BCUT2D eigenvalue weighted by molar-refractivity contribution is 7.13. The van der Waals surface area contributed by atoms with Crippen LogP contribution in [-0.2, 0) is 13.0 Å². The Balaban J connectivity index is 1.62. The molecule has 5 rings (SSSR count). The number of hydrogen-bond donors (Lipinski definition) is 5. The van der Waals surface area contributed by atoms with E-state index >= 15 is 0 Å². The van der Waals surface area contributed by atoms with Crippen LogP contribution in [0.2, 0.25) is 0 Å². The van der Waals surface area contributed by atoms with Crippen molar-refractivity contribution in [2.24, 2.45) is 5.73 Å². The Labute approximate surface area is 246 Å². The van der Waals surface area contributed by atoms with Gasteiger partial charge in [0.2, 0.25) is 0 Å². The second-order valence-corrected chi connectivity index (χ2v) is 11.4. The number of aromatic nitrogens is 1. The van der Waals surface area contributed by atoms with Gasteiger partial charge in [0.1, 0.15) is 11.4 Å². The van der Waals surface area contributed by atoms with Crippen LogP contribution in [0.5, 0.6) is 5.75 Å². The number of aromatic carboxylic acids is 1. The summed E-state index contributed by atoms with van der Waals surface area (Å²) in [5.41, 5.74) is 7.93. The van der Waals surface area contributed by atoms with Crippen molar-refractivity contribution >= 4 is 34.8 Å². The molecule has 42 heavy (non-hydrogen) atoms. The number of thiophene rings is 1. The monoisotopic (exact) mass is 586 g/mol. The molecule has 0 saturated carbocycles. The zero-order chi connectivity index (χ0) is 30.0. The van der Waals surface area contributed by atoms with Crippen LogP contribution in [-0.4, -0.2) is 51.7 Å². The molecule has 0 atom stereocenters. The van der Waals surface area contributed by atoms with Crippen molar-refractivity contribution in [1.29, 1.82) is 0 Å². The largest absolute Gasteiger partial charge is 0.493 e. The fraction of sp³-hybridized carbons (Fsp3) is 0.226. The Morgan fingerprint density at radius 3 is 2.48 bits per heavy atom. The van der Waals surface area contributed by atoms with E-state index in [0.717, 1.165) is 21.6 Å². The number of nitrogens with two attached hydrogens (primary N) is 1. The first kappa shape index (κ1) is 28.9. The van der Waals surface area contributed by atoms with Gasteiger partial charge in [0.05, 0.1) is 12.2 Å². The van der Waals surface area contributed by atoms with Crippen LogP contribution in [0.3, 0.4) is 0 Å². The van der Waals surface area contributed by atoms with E-state index in [1.165, 1.54) is 37.3 Å². The van der Waals surface area contributed by atoms with Gasteiger partial charge in [0, 0.05) is 52.3 Å². The van der Waals surface area contributed by atoms with Crippen LogP contribution >= 0.6 is 11.3 Å². The summed E-state index contributed by atoms with van der Waals surface area (Å²) >= 11 is 1.54. The smallest absolute Gasteiger partial charge is 0.355 e. The maximum Gasteiger partial charge on any atom is 0.355 e. The number of carbonyl (C=O) groups excluding carboxylic acids is 2. The van der Waals surface area contributed by atoms with Crippen molar-refractivity contribution in [2.45, 2.75) is 32.4 Å². The van der Waals surface area contributed by atoms with Gasteiger partial charge in [-0.05, 0) is 72.8 Å². The Hall–Kier alpha value is -4.58. The first-order valence-corrected chi connectivity index (χ1v) is 14.2. The van der Waals surface area contributed by atoms with Crippen molar-refractivity contribution in [1.82, 2.24) is 10.3 Å². The molecule has 0 unspecified atom stereocenters. The Kier molecular flexibility index (Phi) is 8.08. The molecule has 3 heterocycles. The van der Waals surface area contributed by atoms with Crippen molar-refractivity contribution in [2.75, 3.05) is 18.5 Å². The van der Waals surface area contributed by atoms with Crippen LogP contribution in [0.4, 0.5) is 5.69 Å². The zero-order valence-corrected chi connectivity index (χ0v) is 23.9. The molecule has 0 aliphatic carbocycles. The number of fused-ring (bicyclic) bond motifs is 3. The Morgan fingerprint density at radius 2 is 1.79 bits per heavy atom. The van der Waals surface area contributed by atoms with Gasteiger partial charge in [-0.25, -0.2) is 9.78 Å². The van der Waals surface area contributed by atoms with E-state index in [1.54, 1.807) is 24.3 Å². The minimum absolute atomic E-state index is 0.0544. The van der Waals surface area contributed by atoms with E-state index in [9.17, 15) is 24.6 Å². The molecule has 2 aromatic carbocycles. The maximum atomic E-state index is 13.8. The molecule has 2 amide bonds. The van der Waals surface area contributed by atoms with E-state index < -0.39 is 29.1 Å². The molecule has 0 spiro atoms. The molecule has 1 aliphatic rings. The summed E-state index contributed by atoms with van der Waals surface area (Å²) in [6, 6.07) is 15.4. The summed E-state index contributed by atoms with van der Waals surface area (Å²) in [5, 5.41) is 27.5. The number of pyridine rings is 1. The average molecular weight is 587 g/mol. The van der Waals surface area contributed by atoms with Crippen molar-refractivity contribution in [3.8, 4) is 27.3 Å². The average Bonchev–Trinajstić information content (AvgIpc) is 3.36. The number of ether oxygens (including phenoxy) is 1. The normalized spacial score (nSPS) is 12.4. The lowest BCUT2D eigenvalue weighted by molar-refractivity contribution is 0.0681. The third kappa shape index (κ3) is 6.18. The predicted octanol–water partition coefficient (Wildman–Crippen LogP) is 4.32. The molecule has 0 bridgehead atoms. The van der Waals surface area contributed by atoms with Gasteiger partial charge >= 0.3 is 5.97 Å². The van der Waals surface area contributed by atoms with Crippen molar-refractivity contribution < 1.29 is 29.3 Å². The number of carboxylic acids is 1. The number of nitrogens with one attached hydrogen (secondary N) is 2. The third-order valence-electron chi connectivity index (χ3n) is 6.73. The molecule has 11 heteroatoms. The number of nitrogens with zero attached hydrogens (tertiary/aromatic N) is 1. The van der Waals surface area contributed by atoms with Crippen LogP contribution in [0.1, 0.15) is 56.3 Å². The zero-order valence-electron chi connectivity index (χ0n) is 23.1. The van der Waals surface area contributed by atoms with Gasteiger partial charge in [0.15, 0.2) is 5.69 Å². The second-order valence-electron chi connectivity index (χ2n) is 10.5. The summed E-state index contributed by atoms with van der Waals surface area (Å²) in [5.74, 6) is -1.96. The summed E-state index contributed by atoms with van der Waals surface area (Å²) in [6.45, 7) is 3.79. The quantitative estimate of drug-likeness (QED) is 0.204. The van der Waals surface area contributed by atoms with Crippen LogP contribution < -0.4 is 21.1 Å². The minimum Gasteiger partial charge on any atom is -0.493 e. The highest BCUT2D eigenvalue weighted by atomic mass is 32.1. The Bertz CT molecular complexity index is 1670. The molecular formula is C31H30N4O6S. The molecule has 6 N–H and O–H groups in total. The Morgan fingerprint density at radius 1 is 1.02 bits per heavy atom. The molecule has 0 radical (unpaired) electrons. The van der Waals surface area contributed by atoms with Gasteiger partial charge in [-0.15, -0.1) is 11.3 Å². The lowest BCUT2D eigenvalue weighted by Crippen LogP contribution is -2.38. The van der Waals surface area contributed by atoms with Crippen molar-refractivity contribution in [3.63, 3.8) is 0 Å². The summed E-state index contributed by atoms with van der Waals surface area (Å²) in [6.07, 6.45) is 0.689. The molecule has 2 aromatic heterocycles. The number of hydrogen-bond acceptors (Lipinski definition) is 8. The number of carboxylic acid groups (broad SMARTS) is 1. The van der Waals surface area contributed by atoms with Crippen LogP contribution in [0.15, 0.2) is 60.0 Å². The van der Waals surface area contributed by atoms with Gasteiger partial charge in [-0.3, -0.25) is 9.59 Å². The van der Waals surface area contributed by atoms with E-state index in [1.807, 2.05) is 23.6 Å². The number of aliphatic hydroxyl groups is 1. The molecular weight excluding hydrogens is 556 g/mol. The maximum absolute atomic E-state index is 13.8. The number of carbonyl (C=O) groups is 3. The third-order valence-corrected chi connectivity index (χ3v) is 7.72. The second kappa shape index (κ2) is 11.7. The van der Waals surface area contributed by atoms with Gasteiger partial charge in [0.25, 0.3) is 11.8 Å². The molecule has 216 valence electrons. The standard InChI is InChI=1S/C31H30N4O6S/c1-31(2,40)16-33-29(37)24-8-7-20(26(35-24)30(38)39)21-14-25-23(27-18(9-11-41-25)10-12-42-27)13-22(21)28(36)34-19-5-3-17(15-32)4-6-19/h3-8,10,12-14,40H,9,11,15-16,32H2,1-2H3,(H,33,37)(H,34,36)(H,38,39). The topological polar surface area (TPSA) is 164 Å².